The van der Waals surface area contributed by atoms with Gasteiger partial charge in [0.15, 0.2) is 0 Å². The van der Waals surface area contributed by atoms with Crippen LogP contribution in [-0.2, 0) is 30.1 Å². The second kappa shape index (κ2) is 7.10. The van der Waals surface area contributed by atoms with Crippen molar-refractivity contribution in [1.29, 1.82) is 0 Å². The van der Waals surface area contributed by atoms with Crippen molar-refractivity contribution < 1.29 is 31.5 Å². The van der Waals surface area contributed by atoms with Crippen molar-refractivity contribution in [2.24, 2.45) is 0 Å². The standard InChI is InChI=1S/C21H20F2N2O5S/c22-20(23)9-10-24(14-20)31(27,28)16-7-8-18-17(13-16)21(29-11-4-12-30-21)19(26)25(18)15-5-2-1-3-6-15/h2,6-8,13,15H,4-5,9-12,14H2. The summed E-state index contributed by atoms with van der Waals surface area (Å²) in [5.41, 5.74) is 6.44. The van der Waals surface area contributed by atoms with E-state index in [0.717, 1.165) is 4.31 Å². The summed E-state index contributed by atoms with van der Waals surface area (Å²) < 4.78 is 65.8. The molecule has 2 fully saturated rings. The number of alkyl halides is 2. The van der Waals surface area contributed by atoms with Crippen LogP contribution in [0.3, 0.4) is 0 Å². The van der Waals surface area contributed by atoms with E-state index in [1.807, 2.05) is 0 Å². The van der Waals surface area contributed by atoms with Gasteiger partial charge in [0, 0.05) is 18.5 Å². The number of hydrogen-bond acceptors (Lipinski definition) is 5. The van der Waals surface area contributed by atoms with Crippen molar-refractivity contribution in [3.05, 3.63) is 47.4 Å². The number of benzene rings is 1. The van der Waals surface area contributed by atoms with E-state index >= 15 is 0 Å². The Morgan fingerprint density at radius 2 is 1.94 bits per heavy atom. The van der Waals surface area contributed by atoms with Crippen LogP contribution in [0.5, 0.6) is 0 Å². The third-order valence-corrected chi connectivity index (χ3v) is 7.75. The molecule has 1 spiro atoms. The number of rotatable bonds is 3. The first kappa shape index (κ1) is 20.6. The van der Waals surface area contributed by atoms with Crippen molar-refractivity contribution in [2.75, 3.05) is 31.2 Å². The molecule has 10 heteroatoms. The van der Waals surface area contributed by atoms with Crippen LogP contribution in [0.25, 0.3) is 0 Å². The lowest BCUT2D eigenvalue weighted by molar-refractivity contribution is -0.257. The molecular weight excluding hydrogens is 430 g/mol. The number of sulfonamides is 1. The maximum atomic E-state index is 13.6. The molecule has 2 saturated heterocycles. The molecule has 7 nitrogen and oxygen atoms in total. The van der Waals surface area contributed by atoms with Gasteiger partial charge in [0.2, 0.25) is 10.0 Å². The molecule has 1 amide bonds. The first-order valence-electron chi connectivity index (χ1n) is 10.0. The maximum Gasteiger partial charge on any atom is 0.293 e. The number of carbonyl (C=O) groups excluding carboxylic acids is 1. The monoisotopic (exact) mass is 450 g/mol. The molecule has 5 rings (SSSR count). The van der Waals surface area contributed by atoms with Crippen LogP contribution in [0.4, 0.5) is 14.5 Å². The van der Waals surface area contributed by atoms with E-state index in [1.54, 1.807) is 12.2 Å². The highest BCUT2D eigenvalue weighted by Crippen LogP contribution is 2.47. The number of ether oxygens (including phenoxy) is 2. The summed E-state index contributed by atoms with van der Waals surface area (Å²) in [6.07, 6.45) is 4.06. The molecule has 4 aliphatic rings. The average Bonchev–Trinajstić information content (AvgIpc) is 3.25. The molecular formula is C21H20F2N2O5S. The van der Waals surface area contributed by atoms with E-state index in [4.69, 9.17) is 9.47 Å². The van der Waals surface area contributed by atoms with Gasteiger partial charge in [-0.25, -0.2) is 17.2 Å². The van der Waals surface area contributed by atoms with Crippen LogP contribution in [0.2, 0.25) is 0 Å². The summed E-state index contributed by atoms with van der Waals surface area (Å²) in [4.78, 5) is 14.8. The number of hydrogen-bond donors (Lipinski definition) is 0. The molecule has 0 bridgehead atoms. The van der Waals surface area contributed by atoms with Gasteiger partial charge >= 0.3 is 0 Å². The zero-order valence-electron chi connectivity index (χ0n) is 16.5. The fourth-order valence-corrected chi connectivity index (χ4v) is 5.86. The van der Waals surface area contributed by atoms with Gasteiger partial charge in [-0.1, -0.05) is 11.5 Å². The fourth-order valence-electron chi connectivity index (χ4n) is 4.36. The van der Waals surface area contributed by atoms with Gasteiger partial charge in [0.1, 0.15) is 0 Å². The van der Waals surface area contributed by atoms with Gasteiger partial charge in [0.25, 0.3) is 17.6 Å². The molecule has 0 saturated carbocycles. The van der Waals surface area contributed by atoms with Crippen molar-refractivity contribution in [2.45, 2.75) is 41.9 Å². The fraction of sp³-hybridized carbons (Fsp3) is 0.476. The molecule has 0 aromatic heterocycles. The molecule has 1 aromatic carbocycles. The van der Waals surface area contributed by atoms with E-state index < -0.39 is 40.6 Å². The SMILES string of the molecule is O=C1N(C2C=C=C=CC2)c2ccc(S(=O)(=O)N3CCC(F)(F)C3)cc2C12OCCCO2. The zero-order valence-corrected chi connectivity index (χ0v) is 17.3. The van der Waals surface area contributed by atoms with Gasteiger partial charge in [0.05, 0.1) is 36.4 Å². The Labute approximate surface area is 178 Å². The van der Waals surface area contributed by atoms with Crippen molar-refractivity contribution in [3.63, 3.8) is 0 Å². The number of halogens is 2. The molecule has 1 unspecified atom stereocenters. The Kier molecular flexibility index (Phi) is 4.71. The van der Waals surface area contributed by atoms with E-state index in [-0.39, 0.29) is 36.3 Å². The first-order chi connectivity index (χ1) is 14.7. The van der Waals surface area contributed by atoms with Gasteiger partial charge in [-0.05, 0) is 43.2 Å². The Balaban J connectivity index is 1.60. The normalized spacial score (nSPS) is 26.7. The second-order valence-electron chi connectivity index (χ2n) is 7.93. The predicted octanol–water partition coefficient (Wildman–Crippen LogP) is 2.29. The van der Waals surface area contributed by atoms with E-state index in [9.17, 15) is 22.0 Å². The topological polar surface area (TPSA) is 76.2 Å². The largest absolute Gasteiger partial charge is 0.338 e. The van der Waals surface area contributed by atoms with E-state index in [0.29, 0.717) is 18.5 Å². The minimum Gasteiger partial charge on any atom is -0.338 e. The minimum absolute atomic E-state index is 0.172. The molecule has 0 radical (unpaired) electrons. The summed E-state index contributed by atoms with van der Waals surface area (Å²) in [5.74, 6) is -5.24. The lowest BCUT2D eigenvalue weighted by Gasteiger charge is -2.33. The van der Waals surface area contributed by atoms with Gasteiger partial charge in [-0.3, -0.25) is 9.69 Å². The van der Waals surface area contributed by atoms with Crippen LogP contribution in [0.15, 0.2) is 46.7 Å². The van der Waals surface area contributed by atoms with Gasteiger partial charge < -0.3 is 9.47 Å². The molecule has 1 atom stereocenters. The van der Waals surface area contributed by atoms with Crippen molar-refractivity contribution in [1.82, 2.24) is 4.31 Å². The Hall–Kier alpha value is -2.32. The van der Waals surface area contributed by atoms with Crippen molar-refractivity contribution >= 4 is 21.6 Å². The average molecular weight is 450 g/mol. The van der Waals surface area contributed by atoms with E-state index in [1.165, 1.54) is 23.1 Å². The maximum absolute atomic E-state index is 13.6. The van der Waals surface area contributed by atoms with Crippen LogP contribution >= 0.6 is 0 Å². The van der Waals surface area contributed by atoms with Crippen LogP contribution in [0, 0.1) is 0 Å². The number of carbonyl (C=O) groups is 1. The number of nitrogens with zero attached hydrogens (tertiary/aromatic N) is 2. The van der Waals surface area contributed by atoms with E-state index in [2.05, 4.69) is 11.5 Å². The Morgan fingerprint density at radius 1 is 1.16 bits per heavy atom. The summed E-state index contributed by atoms with van der Waals surface area (Å²) in [7, 11) is -4.17. The Morgan fingerprint density at radius 3 is 2.58 bits per heavy atom. The number of anilines is 1. The molecule has 31 heavy (non-hydrogen) atoms. The number of fused-ring (bicyclic) bond motifs is 2. The summed E-state index contributed by atoms with van der Waals surface area (Å²) in [6, 6.07) is 3.83. The van der Waals surface area contributed by atoms with Crippen LogP contribution < -0.4 is 4.90 Å². The Bertz CT molecular complexity index is 1150. The van der Waals surface area contributed by atoms with Crippen LogP contribution in [-0.4, -0.2) is 56.9 Å². The predicted molar refractivity (Wildman–Crippen MR) is 105 cm³/mol. The molecule has 3 heterocycles. The minimum atomic E-state index is -4.17. The molecule has 164 valence electrons. The van der Waals surface area contributed by atoms with Gasteiger partial charge in [-0.15, -0.1) is 0 Å². The lowest BCUT2D eigenvalue weighted by Crippen LogP contribution is -2.49. The molecule has 0 N–H and O–H groups in total. The van der Waals surface area contributed by atoms with Gasteiger partial charge in [-0.2, -0.15) is 4.31 Å². The zero-order chi connectivity index (χ0) is 21.9. The molecule has 1 aromatic rings. The highest BCUT2D eigenvalue weighted by Gasteiger charge is 2.56. The highest BCUT2D eigenvalue weighted by molar-refractivity contribution is 7.89. The lowest BCUT2D eigenvalue weighted by atomic mass is 10.1. The quantitative estimate of drug-likeness (QED) is 0.661. The third kappa shape index (κ3) is 3.19. The first-order valence-corrected chi connectivity index (χ1v) is 11.5. The molecule has 1 aliphatic carbocycles. The smallest absolute Gasteiger partial charge is 0.293 e. The van der Waals surface area contributed by atoms with Crippen molar-refractivity contribution in [3.8, 4) is 0 Å². The third-order valence-electron chi connectivity index (χ3n) is 5.91. The van der Waals surface area contributed by atoms with Crippen LogP contribution in [0.1, 0.15) is 24.8 Å². The summed E-state index contributed by atoms with van der Waals surface area (Å²) in [6.45, 7) is -0.578. The number of amides is 1. The second-order valence-corrected chi connectivity index (χ2v) is 9.87. The molecule has 3 aliphatic heterocycles. The summed E-state index contributed by atoms with van der Waals surface area (Å²) in [5, 5.41) is 0. The summed E-state index contributed by atoms with van der Waals surface area (Å²) >= 11 is 0. The highest BCUT2D eigenvalue weighted by atomic mass is 32.2.